The molecule has 8 nitrogen and oxygen atoms in total. The molecule has 4 unspecified atom stereocenters. The van der Waals surface area contributed by atoms with Crippen molar-refractivity contribution in [3.8, 4) is 11.5 Å². The van der Waals surface area contributed by atoms with E-state index < -0.39 is 0 Å². The van der Waals surface area contributed by atoms with Crippen molar-refractivity contribution in [3.63, 3.8) is 0 Å². The third-order valence-electron chi connectivity index (χ3n) is 9.39. The van der Waals surface area contributed by atoms with Crippen molar-refractivity contribution in [1.29, 1.82) is 0 Å². The van der Waals surface area contributed by atoms with Crippen molar-refractivity contribution in [2.75, 3.05) is 49.8 Å². The third kappa shape index (κ3) is 6.20. The van der Waals surface area contributed by atoms with Gasteiger partial charge in [0.15, 0.2) is 6.23 Å². The minimum Gasteiger partial charge on any atom is -0.506 e. The molecule has 0 aliphatic carbocycles. The molecular weight excluding hydrogens is 544 g/mol. The van der Waals surface area contributed by atoms with Gasteiger partial charge in [0.25, 0.3) is 0 Å². The molecule has 2 N–H and O–H groups in total. The van der Waals surface area contributed by atoms with Crippen LogP contribution in [0.4, 0.5) is 11.4 Å². The fraction of sp³-hybridized carbons (Fsp3) is 0.486. The van der Waals surface area contributed by atoms with Crippen LogP contribution in [-0.4, -0.2) is 74.9 Å². The Labute approximate surface area is 254 Å². The fourth-order valence-electron chi connectivity index (χ4n) is 5.90. The largest absolute Gasteiger partial charge is 0.506 e. The summed E-state index contributed by atoms with van der Waals surface area (Å²) in [4.78, 5) is 4.14. The highest BCUT2D eigenvalue weighted by Gasteiger charge is 2.37. The number of aromatic hydroxyl groups is 2. The van der Waals surface area contributed by atoms with Gasteiger partial charge in [0.2, 0.25) is 0 Å². The summed E-state index contributed by atoms with van der Waals surface area (Å²) >= 11 is 0. The second-order valence-electron chi connectivity index (χ2n) is 13.1. The van der Waals surface area contributed by atoms with E-state index in [1.807, 2.05) is 36.1 Å². The number of rotatable bonds is 13. The molecular formula is C35H44N2O6. The number of phenolic OH excluding ortho intramolecular Hbond substituents is 2. The van der Waals surface area contributed by atoms with Gasteiger partial charge >= 0.3 is 0 Å². The standard InChI is InChI=1S/C35H44N2O6/c1-22(40-6)36(17-27-19-41-27)29-13-11-25(15-31(29)38)34(2,3)23-7-9-24(10-8-23)35(4,5)26-12-14-30(32(39)16-26)37(33-21-43-33)18-28-20-42-28/h7-16,22,27-28,33,38-39H,17-21H2,1-6H3. The molecule has 3 aromatic rings. The second-order valence-corrected chi connectivity index (χ2v) is 13.1. The highest BCUT2D eigenvalue weighted by Crippen LogP contribution is 2.41. The van der Waals surface area contributed by atoms with Crippen molar-refractivity contribution < 1.29 is 29.2 Å². The van der Waals surface area contributed by atoms with E-state index in [9.17, 15) is 10.2 Å². The first kappa shape index (κ1) is 29.8. The highest BCUT2D eigenvalue weighted by molar-refractivity contribution is 5.63. The summed E-state index contributed by atoms with van der Waals surface area (Å²) < 4.78 is 22.0. The van der Waals surface area contributed by atoms with Crippen molar-refractivity contribution >= 4 is 11.4 Å². The zero-order chi connectivity index (χ0) is 30.5. The lowest BCUT2D eigenvalue weighted by atomic mass is 9.74. The predicted molar refractivity (Wildman–Crippen MR) is 167 cm³/mol. The summed E-state index contributed by atoms with van der Waals surface area (Å²) in [6, 6.07) is 20.6. The Morgan fingerprint density at radius 2 is 1.16 bits per heavy atom. The normalized spacial score (nSPS) is 21.8. The molecule has 3 aromatic carbocycles. The number of hydrogen-bond acceptors (Lipinski definition) is 8. The first-order chi connectivity index (χ1) is 20.5. The maximum Gasteiger partial charge on any atom is 0.154 e. The average molecular weight is 589 g/mol. The van der Waals surface area contributed by atoms with Gasteiger partial charge in [-0.25, -0.2) is 0 Å². The van der Waals surface area contributed by atoms with E-state index in [2.05, 4.69) is 69.0 Å². The SMILES string of the molecule is COC(C)N(CC1CO1)c1ccc(C(C)(C)c2ccc(C(C)(C)c3ccc(N(CC4CO4)C4CO4)c(O)c3)cc2)cc1O. The summed E-state index contributed by atoms with van der Waals surface area (Å²) in [6.07, 6.45) is 0.202. The summed E-state index contributed by atoms with van der Waals surface area (Å²) in [5, 5.41) is 22.2. The Balaban J connectivity index is 1.21. The number of anilines is 2. The Morgan fingerprint density at radius 3 is 1.58 bits per heavy atom. The molecule has 3 fully saturated rings. The number of benzene rings is 3. The van der Waals surface area contributed by atoms with Crippen LogP contribution in [0.1, 0.15) is 56.9 Å². The van der Waals surface area contributed by atoms with Crippen LogP contribution in [0, 0.1) is 0 Å². The van der Waals surface area contributed by atoms with Crippen molar-refractivity contribution in [3.05, 3.63) is 82.9 Å². The monoisotopic (exact) mass is 588 g/mol. The van der Waals surface area contributed by atoms with Gasteiger partial charge < -0.3 is 39.0 Å². The van der Waals surface area contributed by atoms with Crippen LogP contribution in [0.25, 0.3) is 0 Å². The lowest BCUT2D eigenvalue weighted by molar-refractivity contribution is 0.112. The van der Waals surface area contributed by atoms with Gasteiger partial charge in [0.1, 0.15) is 17.7 Å². The Kier molecular flexibility index (Phi) is 7.84. The summed E-state index contributed by atoms with van der Waals surface area (Å²) in [7, 11) is 1.67. The molecule has 3 aliphatic rings. The Morgan fingerprint density at radius 1 is 0.721 bits per heavy atom. The van der Waals surface area contributed by atoms with E-state index in [0.29, 0.717) is 13.2 Å². The van der Waals surface area contributed by atoms with Gasteiger partial charge in [0, 0.05) is 31.0 Å². The fourth-order valence-corrected chi connectivity index (χ4v) is 5.90. The summed E-state index contributed by atoms with van der Waals surface area (Å²) in [5.41, 5.74) is 5.21. The van der Waals surface area contributed by atoms with Crippen LogP contribution in [-0.2, 0) is 29.8 Å². The first-order valence-electron chi connectivity index (χ1n) is 15.2. The van der Waals surface area contributed by atoms with E-state index in [1.165, 1.54) is 0 Å². The van der Waals surface area contributed by atoms with Gasteiger partial charge in [-0.1, -0.05) is 64.1 Å². The van der Waals surface area contributed by atoms with E-state index >= 15 is 0 Å². The molecule has 0 radical (unpaired) electrons. The molecule has 0 amide bonds. The van der Waals surface area contributed by atoms with E-state index in [0.717, 1.165) is 53.4 Å². The number of epoxide rings is 3. The maximum atomic E-state index is 11.1. The molecule has 0 spiro atoms. The van der Waals surface area contributed by atoms with Crippen LogP contribution in [0.5, 0.6) is 11.5 Å². The van der Waals surface area contributed by atoms with Gasteiger partial charge in [-0.15, -0.1) is 0 Å². The minimum absolute atomic E-state index is 0.00756. The smallest absolute Gasteiger partial charge is 0.154 e. The van der Waals surface area contributed by atoms with Gasteiger partial charge in [0.05, 0.1) is 43.4 Å². The van der Waals surface area contributed by atoms with Gasteiger partial charge in [-0.05, 0) is 53.4 Å². The van der Waals surface area contributed by atoms with Crippen molar-refractivity contribution in [1.82, 2.24) is 0 Å². The van der Waals surface area contributed by atoms with Gasteiger partial charge in [-0.2, -0.15) is 0 Å². The van der Waals surface area contributed by atoms with Crippen LogP contribution in [0.3, 0.4) is 0 Å². The minimum atomic E-state index is -0.338. The molecule has 230 valence electrons. The maximum absolute atomic E-state index is 11.1. The number of nitrogens with zero attached hydrogens (tertiary/aromatic N) is 2. The summed E-state index contributed by atoms with van der Waals surface area (Å²) in [5.74, 6) is 0.485. The molecule has 3 heterocycles. The highest BCUT2D eigenvalue weighted by atomic mass is 16.6. The van der Waals surface area contributed by atoms with Crippen LogP contribution in [0.2, 0.25) is 0 Å². The topological polar surface area (TPSA) is 93.8 Å². The number of methoxy groups -OCH3 is 1. The molecule has 8 heteroatoms. The zero-order valence-electron chi connectivity index (χ0n) is 26.0. The first-order valence-corrected chi connectivity index (χ1v) is 15.2. The van der Waals surface area contributed by atoms with Gasteiger partial charge in [-0.3, -0.25) is 0 Å². The Hall–Kier alpha value is -3.30. The van der Waals surface area contributed by atoms with Crippen molar-refractivity contribution in [2.24, 2.45) is 0 Å². The molecule has 4 atom stereocenters. The number of ether oxygens (including phenoxy) is 4. The molecule has 43 heavy (non-hydrogen) atoms. The average Bonchev–Trinajstić information content (AvgIpc) is 3.83. The van der Waals surface area contributed by atoms with E-state index in [1.54, 1.807) is 7.11 Å². The second kappa shape index (κ2) is 11.3. The van der Waals surface area contributed by atoms with E-state index in [4.69, 9.17) is 18.9 Å². The molecule has 3 aliphatic heterocycles. The molecule has 6 rings (SSSR count). The molecule has 0 aromatic heterocycles. The Bertz CT molecular complexity index is 1440. The molecule has 0 saturated carbocycles. The lowest BCUT2D eigenvalue weighted by Gasteiger charge is -2.32. The zero-order valence-corrected chi connectivity index (χ0v) is 26.0. The summed E-state index contributed by atoms with van der Waals surface area (Å²) in [6.45, 7) is 14.2. The van der Waals surface area contributed by atoms with Crippen LogP contribution < -0.4 is 9.80 Å². The third-order valence-corrected chi connectivity index (χ3v) is 9.39. The lowest BCUT2D eigenvalue weighted by Crippen LogP contribution is -2.37. The molecule has 0 bridgehead atoms. The number of hydrogen-bond donors (Lipinski definition) is 2. The number of phenols is 2. The molecule has 3 saturated heterocycles. The van der Waals surface area contributed by atoms with Crippen LogP contribution in [0.15, 0.2) is 60.7 Å². The van der Waals surface area contributed by atoms with E-state index in [-0.39, 0.29) is 47.0 Å². The quantitative estimate of drug-likeness (QED) is 0.200. The van der Waals surface area contributed by atoms with Crippen molar-refractivity contribution in [2.45, 2.75) is 70.1 Å². The predicted octanol–water partition coefficient (Wildman–Crippen LogP) is 5.51. The van der Waals surface area contributed by atoms with Crippen LogP contribution >= 0.6 is 0 Å².